The fourth-order valence-electron chi connectivity index (χ4n) is 1.51. The third kappa shape index (κ3) is 4.61. The van der Waals surface area contributed by atoms with Crippen LogP contribution in [0.2, 0.25) is 0 Å². The van der Waals surface area contributed by atoms with Gasteiger partial charge in [0.05, 0.1) is 0 Å². The van der Waals surface area contributed by atoms with Gasteiger partial charge in [-0.25, -0.2) is 0 Å². The Kier molecular flexibility index (Phi) is 4.39. The van der Waals surface area contributed by atoms with Crippen molar-refractivity contribution in [3.8, 4) is 0 Å². The van der Waals surface area contributed by atoms with E-state index in [1.54, 1.807) is 0 Å². The normalized spacial score (nSPS) is 18.3. The Bertz CT molecular complexity index is 188. The Morgan fingerprint density at radius 1 is 1.36 bits per heavy atom. The lowest BCUT2D eigenvalue weighted by Crippen LogP contribution is -2.36. The molecule has 1 atom stereocenters. The van der Waals surface area contributed by atoms with E-state index in [2.05, 4.69) is 31.4 Å². The van der Waals surface area contributed by atoms with Crippen molar-refractivity contribution >= 4 is 5.91 Å². The maximum absolute atomic E-state index is 11.4. The van der Waals surface area contributed by atoms with Gasteiger partial charge in [-0.15, -0.1) is 0 Å². The summed E-state index contributed by atoms with van der Waals surface area (Å²) in [4.78, 5) is 11.4. The van der Waals surface area contributed by atoms with Gasteiger partial charge in [-0.3, -0.25) is 4.79 Å². The standard InChI is InChI=1S/C11H22N2O/c1-8(2)12-7-6-11(14)13-9(3)10-4-5-10/h8-10,12H,4-7H2,1-3H3,(H,13,14). The molecule has 2 N–H and O–H groups in total. The molecule has 0 heterocycles. The van der Waals surface area contributed by atoms with Crippen molar-refractivity contribution in [2.45, 2.75) is 52.1 Å². The fourth-order valence-corrected chi connectivity index (χ4v) is 1.51. The number of nitrogens with one attached hydrogen (secondary N) is 2. The number of hydrogen-bond acceptors (Lipinski definition) is 2. The summed E-state index contributed by atoms with van der Waals surface area (Å²) in [6.07, 6.45) is 3.16. The largest absolute Gasteiger partial charge is 0.353 e. The van der Waals surface area contributed by atoms with Crippen molar-refractivity contribution in [1.29, 1.82) is 0 Å². The highest BCUT2D eigenvalue weighted by Crippen LogP contribution is 2.32. The molecule has 3 nitrogen and oxygen atoms in total. The lowest BCUT2D eigenvalue weighted by Gasteiger charge is -2.13. The van der Waals surface area contributed by atoms with E-state index in [0.717, 1.165) is 12.5 Å². The second-order valence-corrected chi connectivity index (χ2v) is 4.55. The maximum Gasteiger partial charge on any atom is 0.221 e. The fraction of sp³-hybridized carbons (Fsp3) is 0.909. The van der Waals surface area contributed by atoms with E-state index in [-0.39, 0.29) is 5.91 Å². The Morgan fingerprint density at radius 3 is 2.50 bits per heavy atom. The van der Waals surface area contributed by atoms with Gasteiger partial charge in [0.25, 0.3) is 0 Å². The Labute approximate surface area is 86.6 Å². The van der Waals surface area contributed by atoms with Gasteiger partial charge in [-0.1, -0.05) is 13.8 Å². The first-order valence-electron chi connectivity index (χ1n) is 5.62. The molecule has 1 rings (SSSR count). The number of amides is 1. The molecule has 0 aromatic heterocycles. The van der Waals surface area contributed by atoms with E-state index in [9.17, 15) is 4.79 Å². The molecule has 0 aliphatic heterocycles. The zero-order valence-electron chi connectivity index (χ0n) is 9.47. The zero-order valence-corrected chi connectivity index (χ0v) is 9.47. The minimum Gasteiger partial charge on any atom is -0.353 e. The number of hydrogen-bond donors (Lipinski definition) is 2. The molecular weight excluding hydrogens is 176 g/mol. The zero-order chi connectivity index (χ0) is 10.6. The van der Waals surface area contributed by atoms with Crippen molar-refractivity contribution in [3.05, 3.63) is 0 Å². The molecule has 1 aliphatic carbocycles. The van der Waals surface area contributed by atoms with Gasteiger partial charge in [0.1, 0.15) is 0 Å². The molecular formula is C11H22N2O. The highest BCUT2D eigenvalue weighted by Gasteiger charge is 2.28. The summed E-state index contributed by atoms with van der Waals surface area (Å²) in [5, 5.41) is 6.27. The molecule has 0 aromatic rings. The van der Waals surface area contributed by atoms with Gasteiger partial charge in [0.15, 0.2) is 0 Å². The lowest BCUT2D eigenvalue weighted by molar-refractivity contribution is -0.121. The molecule has 1 aliphatic rings. The molecule has 1 fully saturated rings. The van der Waals surface area contributed by atoms with Crippen LogP contribution in [0.4, 0.5) is 0 Å². The Balaban J connectivity index is 2.03. The minimum absolute atomic E-state index is 0.178. The number of rotatable bonds is 6. The predicted molar refractivity (Wildman–Crippen MR) is 58.1 cm³/mol. The van der Waals surface area contributed by atoms with Crippen LogP contribution in [-0.2, 0) is 4.79 Å². The average molecular weight is 198 g/mol. The highest BCUT2D eigenvalue weighted by molar-refractivity contribution is 5.76. The van der Waals surface area contributed by atoms with Crippen molar-refractivity contribution < 1.29 is 4.79 Å². The summed E-state index contributed by atoms with van der Waals surface area (Å²) < 4.78 is 0. The van der Waals surface area contributed by atoms with E-state index < -0.39 is 0 Å². The molecule has 1 amide bonds. The molecule has 0 saturated heterocycles. The summed E-state index contributed by atoms with van der Waals surface area (Å²) in [7, 11) is 0. The molecule has 0 bridgehead atoms. The summed E-state index contributed by atoms with van der Waals surface area (Å²) in [5.41, 5.74) is 0. The Hall–Kier alpha value is -0.570. The summed E-state index contributed by atoms with van der Waals surface area (Å²) in [6.45, 7) is 7.06. The molecule has 1 saturated carbocycles. The number of carbonyl (C=O) groups excluding carboxylic acids is 1. The first-order valence-corrected chi connectivity index (χ1v) is 5.62. The summed E-state index contributed by atoms with van der Waals surface area (Å²) >= 11 is 0. The Morgan fingerprint density at radius 2 is 2.00 bits per heavy atom. The molecule has 14 heavy (non-hydrogen) atoms. The van der Waals surface area contributed by atoms with Gasteiger partial charge < -0.3 is 10.6 Å². The van der Waals surface area contributed by atoms with E-state index in [1.807, 2.05) is 0 Å². The van der Waals surface area contributed by atoms with Crippen LogP contribution in [0.5, 0.6) is 0 Å². The highest BCUT2D eigenvalue weighted by atomic mass is 16.1. The van der Waals surface area contributed by atoms with Crippen LogP contribution in [0.25, 0.3) is 0 Å². The van der Waals surface area contributed by atoms with Crippen LogP contribution >= 0.6 is 0 Å². The van der Waals surface area contributed by atoms with Crippen LogP contribution in [0, 0.1) is 5.92 Å². The monoisotopic (exact) mass is 198 g/mol. The second-order valence-electron chi connectivity index (χ2n) is 4.55. The van der Waals surface area contributed by atoms with Gasteiger partial charge in [0.2, 0.25) is 5.91 Å². The third-order valence-electron chi connectivity index (χ3n) is 2.62. The van der Waals surface area contributed by atoms with E-state index in [1.165, 1.54) is 12.8 Å². The van der Waals surface area contributed by atoms with E-state index >= 15 is 0 Å². The van der Waals surface area contributed by atoms with Crippen molar-refractivity contribution in [2.75, 3.05) is 6.54 Å². The van der Waals surface area contributed by atoms with Gasteiger partial charge in [0, 0.05) is 25.0 Å². The summed E-state index contributed by atoms with van der Waals surface area (Å²) in [6, 6.07) is 0.838. The smallest absolute Gasteiger partial charge is 0.221 e. The minimum atomic E-state index is 0.178. The van der Waals surface area contributed by atoms with Crippen LogP contribution in [-0.4, -0.2) is 24.5 Å². The van der Waals surface area contributed by atoms with Gasteiger partial charge in [-0.05, 0) is 25.7 Å². The molecule has 3 heteroatoms. The molecule has 82 valence electrons. The van der Waals surface area contributed by atoms with Crippen LogP contribution < -0.4 is 10.6 Å². The van der Waals surface area contributed by atoms with Crippen molar-refractivity contribution in [3.63, 3.8) is 0 Å². The third-order valence-corrected chi connectivity index (χ3v) is 2.62. The quantitative estimate of drug-likeness (QED) is 0.675. The molecule has 1 unspecified atom stereocenters. The van der Waals surface area contributed by atoms with Gasteiger partial charge in [-0.2, -0.15) is 0 Å². The van der Waals surface area contributed by atoms with Crippen molar-refractivity contribution in [1.82, 2.24) is 10.6 Å². The predicted octanol–water partition coefficient (Wildman–Crippen LogP) is 1.29. The van der Waals surface area contributed by atoms with E-state index in [0.29, 0.717) is 18.5 Å². The van der Waals surface area contributed by atoms with Gasteiger partial charge >= 0.3 is 0 Å². The SMILES string of the molecule is CC(C)NCCC(=O)NC(C)C1CC1. The van der Waals surface area contributed by atoms with Crippen LogP contribution in [0.3, 0.4) is 0 Å². The number of carbonyl (C=O) groups is 1. The molecule has 0 aromatic carbocycles. The van der Waals surface area contributed by atoms with Crippen LogP contribution in [0.15, 0.2) is 0 Å². The maximum atomic E-state index is 11.4. The molecule has 0 radical (unpaired) electrons. The first-order chi connectivity index (χ1) is 6.59. The second kappa shape index (κ2) is 5.35. The lowest BCUT2D eigenvalue weighted by atomic mass is 10.2. The van der Waals surface area contributed by atoms with E-state index in [4.69, 9.17) is 0 Å². The summed E-state index contributed by atoms with van der Waals surface area (Å²) in [5.74, 6) is 0.926. The van der Waals surface area contributed by atoms with Crippen molar-refractivity contribution in [2.24, 2.45) is 5.92 Å². The topological polar surface area (TPSA) is 41.1 Å². The first kappa shape index (κ1) is 11.5. The molecule has 0 spiro atoms. The van der Waals surface area contributed by atoms with Crippen LogP contribution in [0.1, 0.15) is 40.0 Å². The average Bonchev–Trinajstić information content (AvgIpc) is 2.84.